The van der Waals surface area contributed by atoms with Gasteiger partial charge in [-0.25, -0.2) is 17.5 Å². The molecule has 1 aromatic carbocycles. The molecule has 2 rings (SSSR count). The van der Waals surface area contributed by atoms with Gasteiger partial charge in [0.25, 0.3) is 0 Å². The molecule has 0 radical (unpaired) electrons. The maximum absolute atomic E-state index is 13.5. The first-order valence-corrected chi connectivity index (χ1v) is 8.11. The lowest BCUT2D eigenvalue weighted by atomic mass is 9.67. The van der Waals surface area contributed by atoms with E-state index >= 15 is 0 Å². The van der Waals surface area contributed by atoms with Crippen LogP contribution in [0.5, 0.6) is 0 Å². The Hall–Kier alpha value is -1.45. The Morgan fingerprint density at radius 3 is 2.65 bits per heavy atom. The second-order valence-electron chi connectivity index (χ2n) is 5.26. The molecule has 20 heavy (non-hydrogen) atoms. The molecule has 0 aliphatic heterocycles. The number of nitrogens with one attached hydrogen (secondary N) is 1. The van der Waals surface area contributed by atoms with Gasteiger partial charge in [-0.05, 0) is 36.8 Å². The Kier molecular flexibility index (Phi) is 4.11. The third-order valence-electron chi connectivity index (χ3n) is 4.18. The van der Waals surface area contributed by atoms with E-state index < -0.39 is 21.4 Å². The van der Waals surface area contributed by atoms with Gasteiger partial charge in [0.05, 0.1) is 0 Å². The maximum Gasteiger partial charge on any atom is 0.242 e. The van der Waals surface area contributed by atoms with E-state index in [1.54, 1.807) is 6.07 Å². The Morgan fingerprint density at radius 1 is 1.45 bits per heavy atom. The summed E-state index contributed by atoms with van der Waals surface area (Å²) in [5.41, 5.74) is -0.410. The molecule has 1 aliphatic rings. The lowest BCUT2D eigenvalue weighted by molar-refractivity contribution is 0.133. The summed E-state index contributed by atoms with van der Waals surface area (Å²) >= 11 is 0. The Labute approximate surface area is 118 Å². The average Bonchev–Trinajstić information content (AvgIpc) is 2.37. The van der Waals surface area contributed by atoms with Gasteiger partial charge < -0.3 is 0 Å². The third-order valence-corrected chi connectivity index (χ3v) is 5.62. The monoisotopic (exact) mass is 296 g/mol. The summed E-state index contributed by atoms with van der Waals surface area (Å²) in [4.78, 5) is -0.287. The van der Waals surface area contributed by atoms with Gasteiger partial charge in [-0.2, -0.15) is 5.26 Å². The molecule has 108 valence electrons. The molecule has 6 heteroatoms. The number of rotatable bonds is 5. The highest BCUT2D eigenvalue weighted by atomic mass is 32.2. The van der Waals surface area contributed by atoms with Crippen molar-refractivity contribution in [3.05, 3.63) is 29.6 Å². The van der Waals surface area contributed by atoms with Crippen LogP contribution in [-0.4, -0.2) is 15.0 Å². The van der Waals surface area contributed by atoms with Crippen LogP contribution < -0.4 is 4.72 Å². The molecular formula is C14H17FN2O2S. The van der Waals surface area contributed by atoms with Crippen molar-refractivity contribution in [3.8, 4) is 6.07 Å². The minimum absolute atomic E-state index is 0.0210. The fraction of sp³-hybridized carbons (Fsp3) is 0.500. The summed E-state index contributed by atoms with van der Waals surface area (Å²) < 4.78 is 40.5. The molecule has 1 aromatic rings. The summed E-state index contributed by atoms with van der Waals surface area (Å²) in [7, 11) is -3.86. The molecule has 0 amide bonds. The van der Waals surface area contributed by atoms with Gasteiger partial charge in [-0.15, -0.1) is 0 Å². The summed E-state index contributed by atoms with van der Waals surface area (Å²) in [5, 5.41) is 8.91. The zero-order chi connectivity index (χ0) is 14.8. The number of nitrogens with zero attached hydrogens (tertiary/aromatic N) is 1. The highest BCUT2D eigenvalue weighted by Gasteiger charge is 2.36. The van der Waals surface area contributed by atoms with Crippen LogP contribution in [0.1, 0.15) is 38.2 Å². The van der Waals surface area contributed by atoms with E-state index in [0.29, 0.717) is 6.54 Å². The fourth-order valence-electron chi connectivity index (χ4n) is 2.49. The van der Waals surface area contributed by atoms with Gasteiger partial charge in [0.15, 0.2) is 0 Å². The van der Waals surface area contributed by atoms with Crippen LogP contribution in [0, 0.1) is 22.6 Å². The Bertz CT molecular complexity index is 640. The van der Waals surface area contributed by atoms with Crippen molar-refractivity contribution in [1.29, 1.82) is 5.26 Å². The molecule has 1 fully saturated rings. The van der Waals surface area contributed by atoms with Crippen molar-refractivity contribution in [2.24, 2.45) is 5.41 Å². The first-order valence-electron chi connectivity index (χ1n) is 6.62. The van der Waals surface area contributed by atoms with Gasteiger partial charge in [0.1, 0.15) is 22.3 Å². The van der Waals surface area contributed by atoms with Crippen LogP contribution in [0.25, 0.3) is 0 Å². The van der Waals surface area contributed by atoms with Crippen LogP contribution in [-0.2, 0) is 10.0 Å². The number of halogens is 1. The quantitative estimate of drug-likeness (QED) is 0.907. The fourth-order valence-corrected chi connectivity index (χ4v) is 3.82. The number of hydrogen-bond acceptors (Lipinski definition) is 3. The molecule has 0 unspecified atom stereocenters. The zero-order valence-electron chi connectivity index (χ0n) is 11.3. The van der Waals surface area contributed by atoms with Gasteiger partial charge in [-0.3, -0.25) is 0 Å². The second-order valence-corrected chi connectivity index (χ2v) is 6.99. The van der Waals surface area contributed by atoms with E-state index in [4.69, 9.17) is 5.26 Å². The number of sulfonamides is 1. The SMILES string of the molecule is CCC1(CNS(=O)(=O)c2cccc(F)c2C#N)CCC1. The second kappa shape index (κ2) is 5.51. The predicted octanol–water partition coefficient (Wildman–Crippen LogP) is 2.56. The molecule has 0 atom stereocenters. The first kappa shape index (κ1) is 14.9. The van der Waals surface area contributed by atoms with Crippen molar-refractivity contribution in [3.63, 3.8) is 0 Å². The van der Waals surface area contributed by atoms with Crippen LogP contribution >= 0.6 is 0 Å². The molecule has 0 saturated heterocycles. The highest BCUT2D eigenvalue weighted by Crippen LogP contribution is 2.43. The Balaban J connectivity index is 2.23. The van der Waals surface area contributed by atoms with Crippen molar-refractivity contribution < 1.29 is 12.8 Å². The van der Waals surface area contributed by atoms with Crippen molar-refractivity contribution in [1.82, 2.24) is 4.72 Å². The van der Waals surface area contributed by atoms with E-state index in [1.165, 1.54) is 12.1 Å². The predicted molar refractivity (Wildman–Crippen MR) is 72.9 cm³/mol. The topological polar surface area (TPSA) is 70.0 Å². The number of nitriles is 1. The van der Waals surface area contributed by atoms with Crippen molar-refractivity contribution in [2.45, 2.75) is 37.5 Å². The minimum atomic E-state index is -3.86. The van der Waals surface area contributed by atoms with E-state index in [1.807, 2.05) is 6.92 Å². The summed E-state index contributed by atoms with van der Waals surface area (Å²) in [6, 6.07) is 5.24. The van der Waals surface area contributed by atoms with E-state index in [0.717, 1.165) is 31.7 Å². The first-order chi connectivity index (χ1) is 9.44. The third kappa shape index (κ3) is 2.69. The minimum Gasteiger partial charge on any atom is -0.211 e. The van der Waals surface area contributed by atoms with Gasteiger partial charge >= 0.3 is 0 Å². The molecule has 0 bridgehead atoms. The van der Waals surface area contributed by atoms with Gasteiger partial charge in [-0.1, -0.05) is 19.4 Å². The standard InChI is InChI=1S/C14H17FN2O2S/c1-2-14(7-4-8-14)10-17-20(18,19)13-6-3-5-12(15)11(13)9-16/h3,5-6,17H,2,4,7-8,10H2,1H3. The molecule has 0 spiro atoms. The largest absolute Gasteiger partial charge is 0.242 e. The van der Waals surface area contributed by atoms with E-state index in [-0.39, 0.29) is 10.3 Å². The summed E-state index contributed by atoms with van der Waals surface area (Å²) in [5.74, 6) is -0.816. The number of hydrogen-bond donors (Lipinski definition) is 1. The molecule has 1 saturated carbocycles. The normalized spacial score (nSPS) is 17.2. The lowest BCUT2D eigenvalue weighted by Gasteiger charge is -2.41. The van der Waals surface area contributed by atoms with Gasteiger partial charge in [0, 0.05) is 6.54 Å². The molecule has 0 aromatic heterocycles. The van der Waals surface area contributed by atoms with E-state index in [2.05, 4.69) is 4.72 Å². The number of benzene rings is 1. The zero-order valence-corrected chi connectivity index (χ0v) is 12.1. The smallest absolute Gasteiger partial charge is 0.211 e. The molecule has 0 heterocycles. The van der Waals surface area contributed by atoms with E-state index in [9.17, 15) is 12.8 Å². The van der Waals surface area contributed by atoms with Crippen LogP contribution in [0.15, 0.2) is 23.1 Å². The van der Waals surface area contributed by atoms with Crippen LogP contribution in [0.4, 0.5) is 4.39 Å². The molecule has 1 aliphatic carbocycles. The highest BCUT2D eigenvalue weighted by molar-refractivity contribution is 7.89. The lowest BCUT2D eigenvalue weighted by Crippen LogP contribution is -2.41. The van der Waals surface area contributed by atoms with Crippen molar-refractivity contribution >= 4 is 10.0 Å². The molecular weight excluding hydrogens is 279 g/mol. The summed E-state index contributed by atoms with van der Waals surface area (Å²) in [6.07, 6.45) is 4.02. The Morgan fingerprint density at radius 2 is 2.15 bits per heavy atom. The van der Waals surface area contributed by atoms with Crippen LogP contribution in [0.2, 0.25) is 0 Å². The average molecular weight is 296 g/mol. The molecule has 4 nitrogen and oxygen atoms in total. The van der Waals surface area contributed by atoms with Crippen molar-refractivity contribution in [2.75, 3.05) is 6.54 Å². The summed E-state index contributed by atoms with van der Waals surface area (Å²) in [6.45, 7) is 2.38. The maximum atomic E-state index is 13.5. The molecule has 1 N–H and O–H groups in total. The van der Waals surface area contributed by atoms with Crippen LogP contribution in [0.3, 0.4) is 0 Å². The van der Waals surface area contributed by atoms with Gasteiger partial charge in [0.2, 0.25) is 10.0 Å².